The van der Waals surface area contributed by atoms with Gasteiger partial charge in [0.1, 0.15) is 11.5 Å². The van der Waals surface area contributed by atoms with Crippen molar-refractivity contribution >= 4 is 5.91 Å². The monoisotopic (exact) mass is 394 g/mol. The van der Waals surface area contributed by atoms with Crippen molar-refractivity contribution in [3.05, 3.63) is 53.0 Å². The van der Waals surface area contributed by atoms with Gasteiger partial charge in [0.2, 0.25) is 11.8 Å². The van der Waals surface area contributed by atoms with Gasteiger partial charge in [-0.15, -0.1) is 0 Å². The summed E-state index contributed by atoms with van der Waals surface area (Å²) in [5.41, 5.74) is 3.88. The van der Waals surface area contributed by atoms with Gasteiger partial charge in [0, 0.05) is 36.8 Å². The highest BCUT2D eigenvalue weighted by molar-refractivity contribution is 5.79. The Morgan fingerprint density at radius 2 is 2.17 bits per heavy atom. The summed E-state index contributed by atoms with van der Waals surface area (Å²) in [5, 5.41) is 4.78. The summed E-state index contributed by atoms with van der Waals surface area (Å²) in [4.78, 5) is 19.2. The molecule has 0 atom stereocenters. The topological polar surface area (TPSA) is 73.4 Å². The SMILES string of the molecule is COc1cccc(CC(=O)N2CCc3c(c(-c4ncc(C)o4)nn3C(C)C)C2)c1. The number of fused-ring (bicyclic) bond motifs is 1. The van der Waals surface area contributed by atoms with Crippen LogP contribution in [0.5, 0.6) is 5.75 Å². The molecule has 2 aromatic heterocycles. The van der Waals surface area contributed by atoms with E-state index in [1.54, 1.807) is 13.3 Å². The molecule has 0 aliphatic carbocycles. The minimum Gasteiger partial charge on any atom is -0.497 e. The predicted molar refractivity (Wildman–Crippen MR) is 109 cm³/mol. The van der Waals surface area contributed by atoms with Gasteiger partial charge in [-0.2, -0.15) is 5.10 Å². The van der Waals surface area contributed by atoms with Crippen LogP contribution >= 0.6 is 0 Å². The maximum absolute atomic E-state index is 13.0. The molecule has 3 heterocycles. The van der Waals surface area contributed by atoms with Crippen LogP contribution in [-0.2, 0) is 24.2 Å². The van der Waals surface area contributed by atoms with Gasteiger partial charge in [0.15, 0.2) is 5.69 Å². The number of benzene rings is 1. The third-order valence-corrected chi connectivity index (χ3v) is 5.24. The average Bonchev–Trinajstić information content (AvgIpc) is 3.31. The van der Waals surface area contributed by atoms with E-state index >= 15 is 0 Å². The van der Waals surface area contributed by atoms with Crippen LogP contribution in [-0.4, -0.2) is 39.2 Å². The number of amides is 1. The van der Waals surface area contributed by atoms with Crippen LogP contribution in [0, 0.1) is 6.92 Å². The Bertz CT molecular complexity index is 1030. The van der Waals surface area contributed by atoms with E-state index in [4.69, 9.17) is 14.3 Å². The van der Waals surface area contributed by atoms with Crippen LogP contribution in [0.1, 0.15) is 42.5 Å². The Morgan fingerprint density at radius 3 is 2.86 bits per heavy atom. The van der Waals surface area contributed by atoms with Crippen LogP contribution in [0.4, 0.5) is 0 Å². The van der Waals surface area contributed by atoms with E-state index in [0.717, 1.165) is 40.4 Å². The zero-order chi connectivity index (χ0) is 20.5. The second-order valence-corrected chi connectivity index (χ2v) is 7.68. The molecule has 0 spiro atoms. The lowest BCUT2D eigenvalue weighted by molar-refractivity contribution is -0.131. The molecule has 1 aromatic carbocycles. The summed E-state index contributed by atoms with van der Waals surface area (Å²) in [5.74, 6) is 2.11. The van der Waals surface area contributed by atoms with E-state index in [1.165, 1.54) is 0 Å². The fourth-order valence-corrected chi connectivity index (χ4v) is 3.79. The Labute approximate surface area is 170 Å². The van der Waals surface area contributed by atoms with Gasteiger partial charge < -0.3 is 14.1 Å². The number of hydrogen-bond donors (Lipinski definition) is 0. The standard InChI is InChI=1S/C22H26N4O3/c1-14(2)26-19-8-9-25(20(27)11-16-6-5-7-17(10-16)28-4)13-18(19)21(24-26)22-23-12-15(3)29-22/h5-7,10,12,14H,8-9,11,13H2,1-4H3. The van der Waals surface area contributed by atoms with Gasteiger partial charge in [-0.05, 0) is 38.5 Å². The summed E-state index contributed by atoms with van der Waals surface area (Å²) < 4.78 is 13.0. The number of nitrogens with zero attached hydrogens (tertiary/aromatic N) is 4. The first-order chi connectivity index (χ1) is 14.0. The molecule has 0 saturated carbocycles. The zero-order valence-electron chi connectivity index (χ0n) is 17.3. The number of carbonyl (C=O) groups is 1. The lowest BCUT2D eigenvalue weighted by Crippen LogP contribution is -2.37. The second-order valence-electron chi connectivity index (χ2n) is 7.68. The van der Waals surface area contributed by atoms with E-state index < -0.39 is 0 Å². The molecule has 4 rings (SSSR count). The molecule has 1 aliphatic rings. The Kier molecular flexibility index (Phi) is 5.13. The van der Waals surface area contributed by atoms with Crippen LogP contribution < -0.4 is 4.74 Å². The van der Waals surface area contributed by atoms with Crippen molar-refractivity contribution in [2.24, 2.45) is 0 Å². The summed E-state index contributed by atoms with van der Waals surface area (Å²) in [6.07, 6.45) is 2.81. The molecule has 0 radical (unpaired) electrons. The molecule has 1 amide bonds. The first-order valence-electron chi connectivity index (χ1n) is 9.90. The first-order valence-corrected chi connectivity index (χ1v) is 9.90. The highest BCUT2D eigenvalue weighted by Gasteiger charge is 2.30. The summed E-state index contributed by atoms with van der Waals surface area (Å²) in [6.45, 7) is 7.28. The highest BCUT2D eigenvalue weighted by atomic mass is 16.5. The average molecular weight is 394 g/mol. The number of aromatic nitrogens is 3. The van der Waals surface area contributed by atoms with Gasteiger partial charge in [-0.1, -0.05) is 12.1 Å². The number of rotatable bonds is 5. The number of methoxy groups -OCH3 is 1. The van der Waals surface area contributed by atoms with Crippen molar-refractivity contribution in [3.8, 4) is 17.3 Å². The number of oxazole rings is 1. The van der Waals surface area contributed by atoms with E-state index in [0.29, 0.717) is 25.4 Å². The molecule has 7 nitrogen and oxygen atoms in total. The number of carbonyl (C=O) groups excluding carboxylic acids is 1. The molecule has 29 heavy (non-hydrogen) atoms. The minimum absolute atomic E-state index is 0.0933. The Balaban J connectivity index is 1.60. The summed E-state index contributed by atoms with van der Waals surface area (Å²) in [7, 11) is 1.63. The minimum atomic E-state index is 0.0933. The third kappa shape index (κ3) is 3.77. The maximum atomic E-state index is 13.0. The fourth-order valence-electron chi connectivity index (χ4n) is 3.79. The Morgan fingerprint density at radius 1 is 1.34 bits per heavy atom. The van der Waals surface area contributed by atoms with Crippen molar-refractivity contribution in [2.45, 2.75) is 46.2 Å². The molecule has 1 aliphatic heterocycles. The molecule has 3 aromatic rings. The van der Waals surface area contributed by atoms with Crippen molar-refractivity contribution < 1.29 is 13.9 Å². The molecule has 0 fully saturated rings. The van der Waals surface area contributed by atoms with Gasteiger partial charge in [0.05, 0.1) is 19.7 Å². The number of aryl methyl sites for hydroxylation is 1. The maximum Gasteiger partial charge on any atom is 0.247 e. The van der Waals surface area contributed by atoms with Gasteiger partial charge in [-0.25, -0.2) is 4.98 Å². The van der Waals surface area contributed by atoms with Gasteiger partial charge in [-0.3, -0.25) is 9.48 Å². The lowest BCUT2D eigenvalue weighted by Gasteiger charge is -2.28. The summed E-state index contributed by atoms with van der Waals surface area (Å²) in [6, 6.07) is 7.88. The van der Waals surface area contributed by atoms with Crippen molar-refractivity contribution in [2.75, 3.05) is 13.7 Å². The van der Waals surface area contributed by atoms with Crippen LogP contribution in [0.25, 0.3) is 11.6 Å². The van der Waals surface area contributed by atoms with E-state index in [9.17, 15) is 4.79 Å². The van der Waals surface area contributed by atoms with Crippen LogP contribution in [0.3, 0.4) is 0 Å². The quantitative estimate of drug-likeness (QED) is 0.661. The van der Waals surface area contributed by atoms with Crippen molar-refractivity contribution in [1.82, 2.24) is 19.7 Å². The fraction of sp³-hybridized carbons (Fsp3) is 0.409. The molecule has 0 unspecified atom stereocenters. The third-order valence-electron chi connectivity index (χ3n) is 5.24. The first kappa shape index (κ1) is 19.2. The Hall–Kier alpha value is -3.09. The molecular formula is C22H26N4O3. The summed E-state index contributed by atoms with van der Waals surface area (Å²) >= 11 is 0. The smallest absolute Gasteiger partial charge is 0.247 e. The van der Waals surface area contributed by atoms with E-state index in [2.05, 4.69) is 18.8 Å². The van der Waals surface area contributed by atoms with E-state index in [1.807, 2.05) is 40.8 Å². The molecule has 152 valence electrons. The zero-order valence-corrected chi connectivity index (χ0v) is 17.3. The molecular weight excluding hydrogens is 368 g/mol. The second kappa shape index (κ2) is 7.73. The van der Waals surface area contributed by atoms with Crippen molar-refractivity contribution in [1.29, 1.82) is 0 Å². The number of hydrogen-bond acceptors (Lipinski definition) is 5. The molecule has 0 N–H and O–H groups in total. The molecule has 7 heteroatoms. The highest BCUT2D eigenvalue weighted by Crippen LogP contribution is 2.31. The van der Waals surface area contributed by atoms with E-state index in [-0.39, 0.29) is 11.9 Å². The largest absolute Gasteiger partial charge is 0.497 e. The van der Waals surface area contributed by atoms with Gasteiger partial charge >= 0.3 is 0 Å². The van der Waals surface area contributed by atoms with Crippen LogP contribution in [0.15, 0.2) is 34.9 Å². The van der Waals surface area contributed by atoms with Crippen molar-refractivity contribution in [3.63, 3.8) is 0 Å². The van der Waals surface area contributed by atoms with Gasteiger partial charge in [0.25, 0.3) is 0 Å². The predicted octanol–water partition coefficient (Wildman–Crippen LogP) is 3.56. The molecule has 0 bridgehead atoms. The lowest BCUT2D eigenvalue weighted by atomic mass is 10.0. The molecule has 0 saturated heterocycles. The number of ether oxygens (including phenoxy) is 1. The van der Waals surface area contributed by atoms with Crippen LogP contribution in [0.2, 0.25) is 0 Å². The normalized spacial score (nSPS) is 13.6.